The van der Waals surface area contributed by atoms with E-state index in [1.807, 2.05) is 14.1 Å². The molecule has 4 nitrogen and oxygen atoms in total. The van der Waals surface area contributed by atoms with Gasteiger partial charge in [-0.2, -0.15) is 0 Å². The maximum absolute atomic E-state index is 12.0. The molecule has 0 aromatic heterocycles. The Morgan fingerprint density at radius 3 is 2.41 bits per heavy atom. The van der Waals surface area contributed by atoms with E-state index in [-0.39, 0.29) is 29.8 Å². The molecule has 1 rings (SSSR count). The first-order chi connectivity index (χ1) is 7.34. The second-order valence-electron chi connectivity index (χ2n) is 5.67. The molecule has 0 radical (unpaired) electrons. The van der Waals surface area contributed by atoms with Crippen LogP contribution in [0.25, 0.3) is 0 Å². The molecule has 2 atom stereocenters. The Labute approximate surface area is 111 Å². The van der Waals surface area contributed by atoms with Crippen LogP contribution in [0.15, 0.2) is 0 Å². The number of hydrogen-bond donors (Lipinski definition) is 2. The predicted octanol–water partition coefficient (Wildman–Crippen LogP) is 0.720. The SMILES string of the molecule is C[C@@H]1CNC[C@H]1C(=O)NCC(C)(C)N(C)C.Cl. The van der Waals surface area contributed by atoms with Crippen LogP contribution >= 0.6 is 12.4 Å². The fourth-order valence-corrected chi connectivity index (χ4v) is 1.75. The molecule has 0 bridgehead atoms. The first kappa shape index (κ1) is 16.7. The average molecular weight is 264 g/mol. The lowest BCUT2D eigenvalue weighted by atomic mass is 9.96. The molecule has 1 amide bonds. The topological polar surface area (TPSA) is 44.4 Å². The van der Waals surface area contributed by atoms with Gasteiger partial charge in [-0.15, -0.1) is 12.4 Å². The average Bonchev–Trinajstić information content (AvgIpc) is 2.61. The number of rotatable bonds is 4. The van der Waals surface area contributed by atoms with E-state index in [4.69, 9.17) is 0 Å². The lowest BCUT2D eigenvalue weighted by Gasteiger charge is -2.33. The molecular weight excluding hydrogens is 238 g/mol. The standard InChI is InChI=1S/C12H25N3O.ClH/c1-9-6-13-7-10(9)11(16)14-8-12(2,3)15(4)5;/h9-10,13H,6-8H2,1-5H3,(H,14,16);1H/t9-,10-;/m1./s1. The highest BCUT2D eigenvalue weighted by Gasteiger charge is 2.30. The minimum Gasteiger partial charge on any atom is -0.354 e. The van der Waals surface area contributed by atoms with Crippen LogP contribution in [0.5, 0.6) is 0 Å². The Morgan fingerprint density at radius 1 is 1.41 bits per heavy atom. The normalized spacial score (nSPS) is 24.6. The van der Waals surface area contributed by atoms with Crippen LogP contribution in [-0.2, 0) is 4.79 Å². The molecule has 5 heteroatoms. The number of amides is 1. The number of nitrogens with one attached hydrogen (secondary N) is 2. The van der Waals surface area contributed by atoms with E-state index in [1.165, 1.54) is 0 Å². The summed E-state index contributed by atoms with van der Waals surface area (Å²) in [5, 5.41) is 6.31. The van der Waals surface area contributed by atoms with E-state index in [0.717, 1.165) is 13.1 Å². The molecule has 1 aliphatic heterocycles. The van der Waals surface area contributed by atoms with Crippen LogP contribution in [0.1, 0.15) is 20.8 Å². The van der Waals surface area contributed by atoms with E-state index in [2.05, 4.69) is 36.3 Å². The summed E-state index contributed by atoms with van der Waals surface area (Å²) in [6.45, 7) is 8.85. The second kappa shape index (κ2) is 6.57. The molecule has 1 saturated heterocycles. The van der Waals surface area contributed by atoms with Gasteiger partial charge in [0, 0.05) is 18.6 Å². The molecule has 2 N–H and O–H groups in total. The summed E-state index contributed by atoms with van der Waals surface area (Å²) in [4.78, 5) is 14.1. The Bertz CT molecular complexity index is 256. The van der Waals surface area contributed by atoms with Crippen LogP contribution in [0, 0.1) is 11.8 Å². The Kier molecular flexibility index (Phi) is 6.45. The van der Waals surface area contributed by atoms with Crippen LogP contribution in [0.3, 0.4) is 0 Å². The highest BCUT2D eigenvalue weighted by atomic mass is 35.5. The fraction of sp³-hybridized carbons (Fsp3) is 0.917. The summed E-state index contributed by atoms with van der Waals surface area (Å²) in [5.41, 5.74) is 0.00489. The largest absolute Gasteiger partial charge is 0.354 e. The molecule has 0 aromatic carbocycles. The van der Waals surface area contributed by atoms with Gasteiger partial charge >= 0.3 is 0 Å². The summed E-state index contributed by atoms with van der Waals surface area (Å²) in [5.74, 6) is 0.771. The number of hydrogen-bond acceptors (Lipinski definition) is 3. The predicted molar refractivity (Wildman–Crippen MR) is 73.5 cm³/mol. The van der Waals surface area contributed by atoms with E-state index < -0.39 is 0 Å². The van der Waals surface area contributed by atoms with Gasteiger partial charge in [0.1, 0.15) is 0 Å². The molecule has 1 aliphatic rings. The molecule has 102 valence electrons. The molecule has 0 aliphatic carbocycles. The van der Waals surface area contributed by atoms with Gasteiger partial charge < -0.3 is 15.5 Å². The molecule has 0 unspecified atom stereocenters. The second-order valence-corrected chi connectivity index (χ2v) is 5.67. The zero-order valence-electron chi connectivity index (χ0n) is 11.5. The number of nitrogens with zero attached hydrogens (tertiary/aromatic N) is 1. The Hall–Kier alpha value is -0.320. The van der Waals surface area contributed by atoms with Crippen molar-refractivity contribution in [3.63, 3.8) is 0 Å². The Balaban J connectivity index is 0.00000256. The number of halogens is 1. The van der Waals surface area contributed by atoms with Gasteiger partial charge in [0.25, 0.3) is 0 Å². The third kappa shape index (κ3) is 4.45. The van der Waals surface area contributed by atoms with Gasteiger partial charge in [0.2, 0.25) is 5.91 Å². The van der Waals surface area contributed by atoms with Gasteiger partial charge in [-0.25, -0.2) is 0 Å². The van der Waals surface area contributed by atoms with Crippen LogP contribution < -0.4 is 10.6 Å². The van der Waals surface area contributed by atoms with Crippen molar-refractivity contribution in [3.05, 3.63) is 0 Å². The summed E-state index contributed by atoms with van der Waals surface area (Å²) >= 11 is 0. The number of carbonyl (C=O) groups is 1. The molecule has 0 spiro atoms. The maximum Gasteiger partial charge on any atom is 0.224 e. The zero-order valence-corrected chi connectivity index (χ0v) is 12.4. The first-order valence-electron chi connectivity index (χ1n) is 6.00. The third-order valence-electron chi connectivity index (χ3n) is 3.76. The van der Waals surface area contributed by atoms with Crippen molar-refractivity contribution in [3.8, 4) is 0 Å². The molecule has 1 heterocycles. The van der Waals surface area contributed by atoms with E-state index in [0.29, 0.717) is 12.5 Å². The highest BCUT2D eigenvalue weighted by molar-refractivity contribution is 5.85. The quantitative estimate of drug-likeness (QED) is 0.786. The fourth-order valence-electron chi connectivity index (χ4n) is 1.75. The lowest BCUT2D eigenvalue weighted by molar-refractivity contribution is -0.125. The van der Waals surface area contributed by atoms with Crippen molar-refractivity contribution in [2.24, 2.45) is 11.8 Å². The molecular formula is C12H26ClN3O. The lowest BCUT2D eigenvalue weighted by Crippen LogP contribution is -2.49. The minimum atomic E-state index is 0. The molecule has 0 aromatic rings. The molecule has 17 heavy (non-hydrogen) atoms. The third-order valence-corrected chi connectivity index (χ3v) is 3.76. The van der Waals surface area contributed by atoms with Gasteiger partial charge in [0.05, 0.1) is 5.92 Å². The summed E-state index contributed by atoms with van der Waals surface area (Å²) in [6, 6.07) is 0. The van der Waals surface area contributed by atoms with Gasteiger partial charge in [-0.3, -0.25) is 4.79 Å². The summed E-state index contributed by atoms with van der Waals surface area (Å²) in [6.07, 6.45) is 0. The summed E-state index contributed by atoms with van der Waals surface area (Å²) in [7, 11) is 4.07. The molecule has 0 saturated carbocycles. The van der Waals surface area contributed by atoms with Gasteiger partial charge in [0.15, 0.2) is 0 Å². The van der Waals surface area contributed by atoms with E-state index >= 15 is 0 Å². The van der Waals surface area contributed by atoms with Crippen molar-refractivity contribution >= 4 is 18.3 Å². The van der Waals surface area contributed by atoms with E-state index in [1.54, 1.807) is 0 Å². The Morgan fingerprint density at radius 2 is 2.00 bits per heavy atom. The van der Waals surface area contributed by atoms with Gasteiger partial charge in [-0.05, 0) is 40.4 Å². The van der Waals surface area contributed by atoms with Gasteiger partial charge in [-0.1, -0.05) is 6.92 Å². The monoisotopic (exact) mass is 263 g/mol. The minimum absolute atomic E-state index is 0. The van der Waals surface area contributed by atoms with Crippen molar-refractivity contribution in [2.75, 3.05) is 33.7 Å². The van der Waals surface area contributed by atoms with E-state index in [9.17, 15) is 4.79 Å². The van der Waals surface area contributed by atoms with Crippen LogP contribution in [0.4, 0.5) is 0 Å². The zero-order chi connectivity index (χ0) is 12.3. The number of carbonyl (C=O) groups excluding carboxylic acids is 1. The van der Waals surface area contributed by atoms with Crippen LogP contribution in [-0.4, -0.2) is 50.1 Å². The first-order valence-corrected chi connectivity index (χ1v) is 6.00. The van der Waals surface area contributed by atoms with Crippen molar-refractivity contribution in [2.45, 2.75) is 26.3 Å². The van der Waals surface area contributed by atoms with Crippen molar-refractivity contribution in [1.29, 1.82) is 0 Å². The van der Waals surface area contributed by atoms with Crippen molar-refractivity contribution in [1.82, 2.24) is 15.5 Å². The maximum atomic E-state index is 12.0. The van der Waals surface area contributed by atoms with Crippen molar-refractivity contribution < 1.29 is 4.79 Å². The summed E-state index contributed by atoms with van der Waals surface area (Å²) < 4.78 is 0. The molecule has 1 fully saturated rings. The smallest absolute Gasteiger partial charge is 0.224 e. The van der Waals surface area contributed by atoms with Crippen LogP contribution in [0.2, 0.25) is 0 Å². The highest BCUT2D eigenvalue weighted by Crippen LogP contribution is 2.16. The number of likely N-dealkylation sites (N-methyl/N-ethyl adjacent to an activating group) is 1.